The molecule has 0 fully saturated rings. The van der Waals surface area contributed by atoms with Crippen molar-refractivity contribution in [1.82, 2.24) is 5.32 Å². The van der Waals surface area contributed by atoms with E-state index in [1.165, 1.54) is 289 Å². The Bertz CT molecular complexity index is 1110. The smallest absolute Gasteiger partial charge is 0.220 e. The molecule has 4 heteroatoms. The lowest BCUT2D eigenvalue weighted by Gasteiger charge is -2.19. The Labute approximate surface area is 439 Å². The summed E-state index contributed by atoms with van der Waals surface area (Å²) in [6.07, 6.45) is 86.1. The summed E-state index contributed by atoms with van der Waals surface area (Å²) in [5, 5.41) is 23.1. The van der Waals surface area contributed by atoms with Gasteiger partial charge in [-0.2, -0.15) is 0 Å². The molecular weight excluding hydrogens is 855 g/mol. The van der Waals surface area contributed by atoms with Gasteiger partial charge in [-0.15, -0.1) is 0 Å². The fourth-order valence-electron chi connectivity index (χ4n) is 9.92. The van der Waals surface area contributed by atoms with Crippen LogP contribution in [0.5, 0.6) is 0 Å². The van der Waals surface area contributed by atoms with E-state index in [0.29, 0.717) is 6.42 Å². The number of aliphatic hydroxyl groups is 2. The monoisotopic (exact) mass is 980 g/mol. The van der Waals surface area contributed by atoms with E-state index in [-0.39, 0.29) is 12.5 Å². The summed E-state index contributed by atoms with van der Waals surface area (Å²) < 4.78 is 0. The lowest BCUT2D eigenvalue weighted by atomic mass is 10.0. The first-order valence-electron chi connectivity index (χ1n) is 31.9. The van der Waals surface area contributed by atoms with Crippen LogP contribution in [0.3, 0.4) is 0 Å². The molecular formula is C66H125NO3. The fourth-order valence-corrected chi connectivity index (χ4v) is 9.92. The van der Waals surface area contributed by atoms with E-state index in [1.807, 2.05) is 6.08 Å². The van der Waals surface area contributed by atoms with Gasteiger partial charge in [-0.05, 0) is 70.6 Å². The maximum absolute atomic E-state index is 12.5. The van der Waals surface area contributed by atoms with Crippen molar-refractivity contribution in [2.45, 2.75) is 360 Å². The van der Waals surface area contributed by atoms with Gasteiger partial charge in [0.05, 0.1) is 18.8 Å². The largest absolute Gasteiger partial charge is 0.394 e. The highest BCUT2D eigenvalue weighted by atomic mass is 16.3. The molecule has 2 atom stereocenters. The van der Waals surface area contributed by atoms with Crippen LogP contribution in [0, 0.1) is 0 Å². The van der Waals surface area contributed by atoms with Gasteiger partial charge in [-0.1, -0.05) is 319 Å². The van der Waals surface area contributed by atoms with Gasteiger partial charge in [0.15, 0.2) is 0 Å². The lowest BCUT2D eigenvalue weighted by Crippen LogP contribution is -2.45. The molecule has 0 aromatic rings. The molecule has 2 unspecified atom stereocenters. The molecule has 1 amide bonds. The van der Waals surface area contributed by atoms with Crippen molar-refractivity contribution in [1.29, 1.82) is 0 Å². The quantitative estimate of drug-likeness (QED) is 0.0420. The van der Waals surface area contributed by atoms with Crippen molar-refractivity contribution < 1.29 is 15.0 Å². The Morgan fingerprint density at radius 2 is 0.557 bits per heavy atom. The molecule has 0 saturated heterocycles. The van der Waals surface area contributed by atoms with Gasteiger partial charge >= 0.3 is 0 Å². The maximum Gasteiger partial charge on any atom is 0.220 e. The zero-order valence-electron chi connectivity index (χ0n) is 47.6. The number of nitrogens with one attached hydrogen (secondary N) is 1. The number of unbranched alkanes of at least 4 members (excludes halogenated alkanes) is 46. The van der Waals surface area contributed by atoms with E-state index in [1.54, 1.807) is 6.08 Å². The van der Waals surface area contributed by atoms with E-state index in [2.05, 4.69) is 55.6 Å². The molecule has 0 aliphatic heterocycles. The summed E-state index contributed by atoms with van der Waals surface area (Å²) in [6, 6.07) is -0.645. The highest BCUT2D eigenvalue weighted by molar-refractivity contribution is 5.76. The van der Waals surface area contributed by atoms with Gasteiger partial charge < -0.3 is 15.5 Å². The minimum atomic E-state index is -0.869. The van der Waals surface area contributed by atoms with Gasteiger partial charge in [0, 0.05) is 6.42 Å². The van der Waals surface area contributed by atoms with Crippen molar-refractivity contribution >= 4 is 5.91 Å². The van der Waals surface area contributed by atoms with Crippen LogP contribution in [-0.2, 0) is 4.79 Å². The van der Waals surface area contributed by atoms with E-state index >= 15 is 0 Å². The van der Waals surface area contributed by atoms with E-state index in [0.717, 1.165) is 38.5 Å². The topological polar surface area (TPSA) is 69.6 Å². The summed E-state index contributed by atoms with van der Waals surface area (Å²) in [5.74, 6) is -0.0725. The summed E-state index contributed by atoms with van der Waals surface area (Å²) in [5.41, 5.74) is 0. The zero-order valence-corrected chi connectivity index (χ0v) is 47.6. The first-order valence-corrected chi connectivity index (χ1v) is 31.9. The van der Waals surface area contributed by atoms with Crippen molar-refractivity contribution in [3.63, 3.8) is 0 Å². The number of hydrogen-bond donors (Lipinski definition) is 3. The number of hydrogen-bond acceptors (Lipinski definition) is 3. The maximum atomic E-state index is 12.5. The van der Waals surface area contributed by atoms with Crippen LogP contribution in [0.2, 0.25) is 0 Å². The third kappa shape index (κ3) is 57.3. The molecule has 0 bridgehead atoms. The van der Waals surface area contributed by atoms with Crippen LogP contribution in [0.15, 0.2) is 48.6 Å². The number of allylic oxidation sites excluding steroid dienone is 7. The van der Waals surface area contributed by atoms with E-state index in [4.69, 9.17) is 0 Å². The molecule has 0 aromatic heterocycles. The van der Waals surface area contributed by atoms with E-state index in [9.17, 15) is 15.0 Å². The number of carbonyl (C=O) groups is 1. The second-order valence-electron chi connectivity index (χ2n) is 21.8. The number of carbonyl (C=O) groups excluding carboxylic acids is 1. The van der Waals surface area contributed by atoms with Crippen LogP contribution in [0.25, 0.3) is 0 Å². The molecule has 4 nitrogen and oxygen atoms in total. The summed E-state index contributed by atoms with van der Waals surface area (Å²) in [4.78, 5) is 12.5. The molecule has 0 spiro atoms. The van der Waals surface area contributed by atoms with Crippen LogP contribution in [0.4, 0.5) is 0 Å². The third-order valence-corrected chi connectivity index (χ3v) is 14.8. The zero-order chi connectivity index (χ0) is 50.6. The summed E-state index contributed by atoms with van der Waals surface area (Å²) >= 11 is 0. The SMILES string of the molecule is CCCCCCCCC/C=C/CC/C=C/CC/C=C/C(O)C(CO)NC(=O)CCCCCCCCCCCCCCCCCCCCCCCCCCCCCCC/C=C\CCCCCCCCCC. The molecule has 0 heterocycles. The van der Waals surface area contributed by atoms with Crippen molar-refractivity contribution in [2.75, 3.05) is 6.61 Å². The molecule has 3 N–H and O–H groups in total. The number of aliphatic hydroxyl groups excluding tert-OH is 2. The predicted molar refractivity (Wildman–Crippen MR) is 313 cm³/mol. The molecule has 0 aliphatic carbocycles. The van der Waals surface area contributed by atoms with Crippen LogP contribution >= 0.6 is 0 Å². The normalized spacial score (nSPS) is 13.0. The average molecular weight is 981 g/mol. The van der Waals surface area contributed by atoms with Crippen LogP contribution in [0.1, 0.15) is 348 Å². The van der Waals surface area contributed by atoms with Gasteiger partial charge in [0.1, 0.15) is 0 Å². The molecule has 70 heavy (non-hydrogen) atoms. The minimum absolute atomic E-state index is 0.0725. The van der Waals surface area contributed by atoms with Crippen molar-refractivity contribution in [3.05, 3.63) is 48.6 Å². The van der Waals surface area contributed by atoms with Gasteiger partial charge in [0.2, 0.25) is 5.91 Å². The van der Waals surface area contributed by atoms with Gasteiger partial charge in [-0.25, -0.2) is 0 Å². The van der Waals surface area contributed by atoms with Gasteiger partial charge in [0.25, 0.3) is 0 Å². The Morgan fingerprint density at radius 3 is 0.829 bits per heavy atom. The van der Waals surface area contributed by atoms with E-state index < -0.39 is 12.1 Å². The van der Waals surface area contributed by atoms with Crippen LogP contribution < -0.4 is 5.32 Å². The number of amides is 1. The molecule has 0 rings (SSSR count). The minimum Gasteiger partial charge on any atom is -0.394 e. The van der Waals surface area contributed by atoms with Crippen LogP contribution in [-0.4, -0.2) is 34.9 Å². The Balaban J connectivity index is 3.40. The second kappa shape index (κ2) is 61.6. The second-order valence-corrected chi connectivity index (χ2v) is 21.8. The standard InChI is InChI=1S/C66H125NO3/c1-3-5-7-9-11-13-15-17-19-21-22-23-24-25-26-27-28-29-30-31-32-33-34-35-36-37-38-39-40-41-42-43-44-46-48-50-52-54-56-58-60-62-66(70)67-64(63-68)65(69)61-59-57-55-53-51-49-47-45-20-18-16-14-12-10-8-6-4-2/h20-22,45,51,53,59,61,64-65,68-69H,3-19,23-44,46-50,52,54-58,60,62-63H2,1-2H3,(H,67,70)/b22-21-,45-20+,53-51+,61-59+. The van der Waals surface area contributed by atoms with Crippen molar-refractivity contribution in [2.24, 2.45) is 0 Å². The summed E-state index contributed by atoms with van der Waals surface area (Å²) in [7, 11) is 0. The van der Waals surface area contributed by atoms with Gasteiger partial charge in [-0.3, -0.25) is 4.79 Å². The molecule has 0 aromatic carbocycles. The highest BCUT2D eigenvalue weighted by Gasteiger charge is 2.18. The Kier molecular flexibility index (Phi) is 60.2. The summed E-state index contributed by atoms with van der Waals surface area (Å²) in [6.45, 7) is 4.31. The molecule has 412 valence electrons. The third-order valence-electron chi connectivity index (χ3n) is 14.8. The first-order chi connectivity index (χ1) is 34.7. The van der Waals surface area contributed by atoms with Crippen molar-refractivity contribution in [3.8, 4) is 0 Å². The predicted octanol–water partition coefficient (Wildman–Crippen LogP) is 21.4. The fraction of sp³-hybridized carbons (Fsp3) is 0.864. The average Bonchev–Trinajstić information content (AvgIpc) is 3.36. The highest BCUT2D eigenvalue weighted by Crippen LogP contribution is 2.18. The molecule has 0 radical (unpaired) electrons. The Morgan fingerprint density at radius 1 is 0.329 bits per heavy atom. The molecule has 0 aliphatic rings. The first kappa shape index (κ1) is 68.4. The number of rotatable bonds is 59. The molecule has 0 saturated carbocycles. The lowest BCUT2D eigenvalue weighted by molar-refractivity contribution is -0.123. The Hall–Kier alpha value is -1.65.